The van der Waals surface area contributed by atoms with Crippen molar-refractivity contribution in [3.8, 4) is 46.0 Å². The third kappa shape index (κ3) is 6.34. The normalized spacial score (nSPS) is 12.1. The minimum atomic E-state index is 0.419. The highest BCUT2D eigenvalue weighted by molar-refractivity contribution is 7.26. The van der Waals surface area contributed by atoms with Crippen molar-refractivity contribution in [1.82, 2.24) is 18.3 Å². The van der Waals surface area contributed by atoms with Gasteiger partial charge in [-0.1, -0.05) is 212 Å². The number of benzene rings is 14. The van der Waals surface area contributed by atoms with Crippen LogP contribution in [0.5, 0.6) is 0 Å². The highest BCUT2D eigenvalue weighted by atomic mass is 32.1. The van der Waals surface area contributed by atoms with E-state index in [2.05, 4.69) is 297 Å². The molecule has 0 aliphatic rings. The van der Waals surface area contributed by atoms with Crippen LogP contribution in [-0.4, -0.2) is 18.3 Å². The van der Waals surface area contributed by atoms with Gasteiger partial charge in [-0.3, -0.25) is 0 Å². The first-order valence-electron chi connectivity index (χ1n) is 29.4. The number of aromatic nitrogens is 4. The second-order valence-corrected chi connectivity index (χ2v) is 23.9. The number of nitrogens with zero attached hydrogens (tertiary/aromatic N) is 6. The van der Waals surface area contributed by atoms with Crippen molar-refractivity contribution in [3.05, 3.63) is 278 Å². The van der Waals surface area contributed by atoms with Crippen LogP contribution in [0, 0.1) is 22.7 Å². The van der Waals surface area contributed by atoms with Gasteiger partial charge in [0.15, 0.2) is 0 Å². The predicted octanol–water partition coefficient (Wildman–Crippen LogP) is 21.3. The molecule has 0 unspecified atom stereocenters. The van der Waals surface area contributed by atoms with Crippen molar-refractivity contribution < 1.29 is 0 Å². The fourth-order valence-corrected chi connectivity index (χ4v) is 16.4. The Balaban J connectivity index is 1.07. The maximum absolute atomic E-state index is 13.1. The average Bonchev–Trinajstić information content (AvgIpc) is 1.64. The van der Waals surface area contributed by atoms with Gasteiger partial charge in [0.1, 0.15) is 23.3 Å². The highest BCUT2D eigenvalue weighted by Gasteiger charge is 2.35. The molecule has 87 heavy (non-hydrogen) atoms. The lowest BCUT2D eigenvalue weighted by molar-refractivity contribution is 1.03. The van der Waals surface area contributed by atoms with E-state index in [-0.39, 0.29) is 0 Å². The first-order valence-corrected chi connectivity index (χ1v) is 30.2. The summed E-state index contributed by atoms with van der Waals surface area (Å²) in [5.74, 6) is 0. The molecule has 19 aromatic rings. The van der Waals surface area contributed by atoms with Crippen molar-refractivity contribution in [1.29, 1.82) is 10.5 Å². The quantitative estimate of drug-likeness (QED) is 0.161. The van der Waals surface area contributed by atoms with E-state index in [4.69, 9.17) is 0 Å². The van der Waals surface area contributed by atoms with E-state index in [1.54, 1.807) is 11.3 Å². The number of nitriles is 2. The van der Waals surface area contributed by atoms with Crippen LogP contribution in [0.1, 0.15) is 11.1 Å². The Labute approximate surface area is 500 Å². The van der Waals surface area contributed by atoms with Crippen molar-refractivity contribution in [3.63, 3.8) is 0 Å². The van der Waals surface area contributed by atoms with E-state index in [0.29, 0.717) is 33.9 Å². The Morgan fingerprint density at radius 3 is 1.06 bits per heavy atom. The van der Waals surface area contributed by atoms with Crippen LogP contribution in [0.25, 0.3) is 174 Å². The molecule has 0 atom stereocenters. The standard InChI is InChI=1S/C80H44N6S/c81-45-64-75(83-66-33-12-5-23-52(66)53-24-6-13-34-67(53)83)76(84-68-35-14-7-25-54(68)55-26-8-15-36-69(55)84)65(46-82)78(77(64)85-70-37-16-9-27-56(70)57-28-10-17-38-71(57)85)86-72-43-40-47(44-63(72)61-41-42-62-58-29-11-18-39-73(58)87-80(62)79(61)86)48-31-19-32-60-51-21-2-1-20-49(51)50-22-3-4-30-59(50)74(48)60/h1-44H. The molecule has 0 aliphatic heterocycles. The number of para-hydroxylation sites is 6. The van der Waals surface area contributed by atoms with E-state index in [1.165, 1.54) is 42.4 Å². The van der Waals surface area contributed by atoms with Crippen LogP contribution in [0.3, 0.4) is 0 Å². The molecule has 6 nitrogen and oxygen atoms in total. The Morgan fingerprint density at radius 1 is 0.264 bits per heavy atom. The molecule has 0 bridgehead atoms. The number of hydrogen-bond acceptors (Lipinski definition) is 3. The zero-order valence-corrected chi connectivity index (χ0v) is 47.3. The summed E-state index contributed by atoms with van der Waals surface area (Å²) in [5.41, 5.74) is 12.9. The molecule has 5 aromatic heterocycles. The molecular weight excluding hydrogens is 1080 g/mol. The second kappa shape index (κ2) is 17.9. The van der Waals surface area contributed by atoms with E-state index in [9.17, 15) is 10.5 Å². The number of rotatable bonds is 5. The van der Waals surface area contributed by atoms with Gasteiger partial charge in [0.25, 0.3) is 0 Å². The molecule has 0 amide bonds. The molecule has 0 aliphatic carbocycles. The largest absolute Gasteiger partial charge is 0.306 e. The smallest absolute Gasteiger partial charge is 0.104 e. The van der Waals surface area contributed by atoms with Crippen LogP contribution < -0.4 is 0 Å². The average molecular weight is 1120 g/mol. The summed E-state index contributed by atoms with van der Waals surface area (Å²) in [6, 6.07) is 101. The first-order chi connectivity index (χ1) is 43.2. The van der Waals surface area contributed by atoms with E-state index in [1.807, 2.05) is 0 Å². The lowest BCUT2D eigenvalue weighted by atomic mass is 9.89. The zero-order chi connectivity index (χ0) is 57.2. The number of hydrogen-bond donors (Lipinski definition) is 0. The van der Waals surface area contributed by atoms with Gasteiger partial charge in [-0.05, 0) is 98.0 Å². The summed E-state index contributed by atoms with van der Waals surface area (Å²) in [7, 11) is 0. The zero-order valence-electron chi connectivity index (χ0n) is 46.5. The third-order valence-electron chi connectivity index (χ3n) is 18.6. The lowest BCUT2D eigenvalue weighted by Gasteiger charge is -2.27. The van der Waals surface area contributed by atoms with Gasteiger partial charge >= 0.3 is 0 Å². The maximum atomic E-state index is 13.1. The molecule has 14 aromatic carbocycles. The Kier molecular flexibility index (Phi) is 9.81. The molecule has 0 radical (unpaired) electrons. The van der Waals surface area contributed by atoms with Crippen molar-refractivity contribution in [2.24, 2.45) is 0 Å². The Morgan fingerprint density at radius 2 is 0.609 bits per heavy atom. The minimum Gasteiger partial charge on any atom is -0.306 e. The summed E-state index contributed by atoms with van der Waals surface area (Å²) in [6.45, 7) is 0. The summed E-state index contributed by atoms with van der Waals surface area (Å²) in [6.07, 6.45) is 0. The Bertz CT molecular complexity index is 6160. The molecule has 0 N–H and O–H groups in total. The van der Waals surface area contributed by atoms with Crippen molar-refractivity contribution in [2.45, 2.75) is 0 Å². The van der Waals surface area contributed by atoms with Crippen molar-refractivity contribution >= 4 is 151 Å². The van der Waals surface area contributed by atoms with Gasteiger partial charge in [-0.2, -0.15) is 10.5 Å². The monoisotopic (exact) mass is 1120 g/mol. The van der Waals surface area contributed by atoms with Gasteiger partial charge in [0, 0.05) is 58.6 Å². The highest BCUT2D eigenvalue weighted by Crippen LogP contribution is 2.52. The fraction of sp³-hybridized carbons (Fsp3) is 0. The minimum absolute atomic E-state index is 0.419. The summed E-state index contributed by atoms with van der Waals surface area (Å²) >= 11 is 1.78. The topological polar surface area (TPSA) is 67.3 Å². The second-order valence-electron chi connectivity index (χ2n) is 22.8. The number of fused-ring (bicyclic) bond motifs is 22. The molecule has 0 saturated heterocycles. The Hall–Kier alpha value is -11.7. The van der Waals surface area contributed by atoms with Gasteiger partial charge in [-0.15, -0.1) is 11.3 Å². The predicted molar refractivity (Wildman–Crippen MR) is 364 cm³/mol. The van der Waals surface area contributed by atoms with E-state index < -0.39 is 0 Å². The molecule has 0 spiro atoms. The van der Waals surface area contributed by atoms with E-state index >= 15 is 0 Å². The summed E-state index contributed by atoms with van der Waals surface area (Å²) in [4.78, 5) is 0. The molecule has 0 fully saturated rings. The molecule has 400 valence electrons. The third-order valence-corrected chi connectivity index (χ3v) is 19.8. The van der Waals surface area contributed by atoms with Gasteiger partial charge in [0.05, 0.1) is 71.6 Å². The molecule has 5 heterocycles. The van der Waals surface area contributed by atoms with Gasteiger partial charge in [0.2, 0.25) is 0 Å². The maximum Gasteiger partial charge on any atom is 0.104 e. The summed E-state index contributed by atoms with van der Waals surface area (Å²) < 4.78 is 11.5. The molecule has 19 rings (SSSR count). The lowest BCUT2D eigenvalue weighted by Crippen LogP contribution is -2.16. The SMILES string of the molecule is N#Cc1c(-n2c3ccccc3c3ccccc32)c(-n2c3ccccc3c3ccccc32)c(C#N)c(-n2c3ccc(-c4cccc5c6ccccc6c6ccccc6c45)cc3c3ccc4c5ccccc5sc4c32)c1-n1c2ccccc2c2ccccc21. The number of thiophene rings is 1. The van der Waals surface area contributed by atoms with Gasteiger partial charge < -0.3 is 18.3 Å². The van der Waals surface area contributed by atoms with Gasteiger partial charge in [-0.25, -0.2) is 0 Å². The first kappa shape index (κ1) is 47.7. The van der Waals surface area contributed by atoms with Crippen LogP contribution in [0.15, 0.2) is 267 Å². The molecule has 7 heteroatoms. The van der Waals surface area contributed by atoms with Crippen LogP contribution in [0.2, 0.25) is 0 Å². The van der Waals surface area contributed by atoms with E-state index in [0.717, 1.165) is 108 Å². The van der Waals surface area contributed by atoms with Crippen LogP contribution >= 0.6 is 11.3 Å². The molecule has 0 saturated carbocycles. The van der Waals surface area contributed by atoms with Crippen molar-refractivity contribution in [2.75, 3.05) is 0 Å². The fourth-order valence-electron chi connectivity index (χ4n) is 15.1. The molecular formula is C80H44N6S. The summed E-state index contributed by atoms with van der Waals surface area (Å²) in [5, 5.41) is 43.9. The van der Waals surface area contributed by atoms with Crippen LogP contribution in [0.4, 0.5) is 0 Å². The van der Waals surface area contributed by atoms with Crippen LogP contribution in [-0.2, 0) is 0 Å².